The molecule has 1 rings (SSSR count). The van der Waals surface area contributed by atoms with E-state index in [1.807, 2.05) is 0 Å². The lowest BCUT2D eigenvalue weighted by Crippen LogP contribution is -2.49. The maximum Gasteiger partial charge on any atom is 0.308 e. The first-order valence-corrected chi connectivity index (χ1v) is 6.39. The van der Waals surface area contributed by atoms with E-state index in [4.69, 9.17) is 5.11 Å². The summed E-state index contributed by atoms with van der Waals surface area (Å²) in [4.78, 5) is 10.9. The first-order chi connectivity index (χ1) is 7.43. The predicted molar refractivity (Wildman–Crippen MR) is 65.3 cm³/mol. The van der Waals surface area contributed by atoms with Gasteiger partial charge in [0.05, 0.1) is 5.92 Å². The van der Waals surface area contributed by atoms with Gasteiger partial charge in [0.15, 0.2) is 0 Å². The van der Waals surface area contributed by atoms with Gasteiger partial charge in [-0.15, -0.1) is 0 Å². The zero-order valence-corrected chi connectivity index (χ0v) is 10.9. The zero-order chi connectivity index (χ0) is 12.3. The Balaban J connectivity index is 2.35. The molecule has 0 aromatic heterocycles. The zero-order valence-electron chi connectivity index (χ0n) is 10.9. The topological polar surface area (TPSA) is 49.3 Å². The van der Waals surface area contributed by atoms with Crippen molar-refractivity contribution in [2.75, 3.05) is 6.54 Å². The minimum Gasteiger partial charge on any atom is -0.481 e. The lowest BCUT2D eigenvalue weighted by molar-refractivity contribution is -0.146. The van der Waals surface area contributed by atoms with Gasteiger partial charge in [-0.2, -0.15) is 0 Å². The van der Waals surface area contributed by atoms with Gasteiger partial charge in [-0.25, -0.2) is 0 Å². The maximum absolute atomic E-state index is 10.9. The fraction of sp³-hybridized carbons (Fsp3) is 0.923. The number of carboxylic acids is 1. The molecule has 0 aromatic rings. The molecule has 0 radical (unpaired) electrons. The summed E-state index contributed by atoms with van der Waals surface area (Å²) in [5.41, 5.74) is 0. The van der Waals surface area contributed by atoms with Crippen molar-refractivity contribution in [3.8, 4) is 0 Å². The molecule has 0 spiro atoms. The van der Waals surface area contributed by atoms with Crippen molar-refractivity contribution in [1.82, 2.24) is 5.32 Å². The molecule has 0 heterocycles. The van der Waals surface area contributed by atoms with Crippen LogP contribution in [-0.2, 0) is 4.79 Å². The van der Waals surface area contributed by atoms with Crippen LogP contribution in [0.15, 0.2) is 0 Å². The highest BCUT2D eigenvalue weighted by Crippen LogP contribution is 2.28. The number of nitrogens with one attached hydrogen (secondary N) is 1. The van der Waals surface area contributed by atoms with Crippen molar-refractivity contribution >= 4 is 5.97 Å². The minimum absolute atomic E-state index is 0.153. The highest BCUT2D eigenvalue weighted by molar-refractivity contribution is 5.72. The molecule has 0 aliphatic heterocycles. The van der Waals surface area contributed by atoms with Crippen LogP contribution in [0.3, 0.4) is 0 Å². The van der Waals surface area contributed by atoms with E-state index in [1.54, 1.807) is 0 Å². The van der Waals surface area contributed by atoms with Crippen molar-refractivity contribution in [2.45, 2.75) is 46.6 Å². The standard InChI is InChI=1S/C13H25NO2/c1-8(2)11(9(3)4)7-14-12-6-5-10(12)13(15)16/h8-12,14H,5-7H2,1-4H3,(H,15,16). The molecule has 1 aliphatic carbocycles. The van der Waals surface area contributed by atoms with Gasteiger partial charge in [-0.1, -0.05) is 27.7 Å². The van der Waals surface area contributed by atoms with E-state index in [0.717, 1.165) is 19.4 Å². The molecule has 16 heavy (non-hydrogen) atoms. The Morgan fingerprint density at radius 1 is 1.25 bits per heavy atom. The number of hydrogen-bond acceptors (Lipinski definition) is 2. The van der Waals surface area contributed by atoms with Crippen molar-refractivity contribution < 1.29 is 9.90 Å². The van der Waals surface area contributed by atoms with Gasteiger partial charge >= 0.3 is 5.97 Å². The maximum atomic E-state index is 10.9. The van der Waals surface area contributed by atoms with Crippen LogP contribution < -0.4 is 5.32 Å². The van der Waals surface area contributed by atoms with E-state index in [2.05, 4.69) is 33.0 Å². The summed E-state index contributed by atoms with van der Waals surface area (Å²) in [6.07, 6.45) is 1.85. The summed E-state index contributed by atoms with van der Waals surface area (Å²) in [6.45, 7) is 9.90. The largest absolute Gasteiger partial charge is 0.481 e. The molecule has 1 saturated carbocycles. The highest BCUT2D eigenvalue weighted by atomic mass is 16.4. The molecule has 1 aliphatic rings. The molecule has 0 aromatic carbocycles. The second-order valence-corrected chi connectivity index (χ2v) is 5.69. The van der Waals surface area contributed by atoms with Crippen LogP contribution in [0, 0.1) is 23.7 Å². The third-order valence-corrected chi connectivity index (χ3v) is 3.92. The van der Waals surface area contributed by atoms with Gasteiger partial charge in [-0.3, -0.25) is 4.79 Å². The summed E-state index contributed by atoms with van der Waals surface area (Å²) in [6, 6.07) is 0.206. The summed E-state index contributed by atoms with van der Waals surface area (Å²) < 4.78 is 0. The molecule has 3 heteroatoms. The van der Waals surface area contributed by atoms with Gasteiger partial charge in [0.25, 0.3) is 0 Å². The summed E-state index contributed by atoms with van der Waals surface area (Å²) in [5.74, 6) is 1.14. The van der Waals surface area contributed by atoms with Crippen molar-refractivity contribution in [3.63, 3.8) is 0 Å². The molecular weight excluding hydrogens is 202 g/mol. The Morgan fingerprint density at radius 2 is 1.81 bits per heavy atom. The van der Waals surface area contributed by atoms with E-state index < -0.39 is 5.97 Å². The van der Waals surface area contributed by atoms with Gasteiger partial charge in [0.1, 0.15) is 0 Å². The third-order valence-electron chi connectivity index (χ3n) is 3.92. The normalized spacial score (nSPS) is 25.2. The number of carboxylic acid groups (broad SMARTS) is 1. The van der Waals surface area contributed by atoms with Crippen LogP contribution >= 0.6 is 0 Å². The van der Waals surface area contributed by atoms with Crippen LogP contribution in [0.1, 0.15) is 40.5 Å². The Labute approximate surface area is 98.6 Å². The van der Waals surface area contributed by atoms with Crippen LogP contribution in [-0.4, -0.2) is 23.7 Å². The molecule has 2 unspecified atom stereocenters. The Bertz CT molecular complexity index is 230. The van der Waals surface area contributed by atoms with Gasteiger partial charge < -0.3 is 10.4 Å². The number of aliphatic carboxylic acids is 1. The molecular formula is C13H25NO2. The Hall–Kier alpha value is -0.570. The smallest absolute Gasteiger partial charge is 0.308 e. The lowest BCUT2D eigenvalue weighted by atomic mass is 9.78. The summed E-state index contributed by atoms with van der Waals surface area (Å²) in [7, 11) is 0. The fourth-order valence-electron chi connectivity index (χ4n) is 2.57. The second kappa shape index (κ2) is 5.67. The molecule has 1 fully saturated rings. The third kappa shape index (κ3) is 3.21. The van der Waals surface area contributed by atoms with E-state index in [0.29, 0.717) is 17.8 Å². The fourth-order valence-corrected chi connectivity index (χ4v) is 2.57. The monoisotopic (exact) mass is 227 g/mol. The number of hydrogen-bond donors (Lipinski definition) is 2. The number of rotatable bonds is 6. The summed E-state index contributed by atoms with van der Waals surface area (Å²) >= 11 is 0. The molecule has 2 N–H and O–H groups in total. The van der Waals surface area contributed by atoms with Gasteiger partial charge in [-0.05, 0) is 37.1 Å². The molecule has 2 atom stereocenters. The van der Waals surface area contributed by atoms with Gasteiger partial charge in [0.2, 0.25) is 0 Å². The second-order valence-electron chi connectivity index (χ2n) is 5.69. The van der Waals surface area contributed by atoms with E-state index >= 15 is 0 Å². The quantitative estimate of drug-likeness (QED) is 0.732. The predicted octanol–water partition coefficient (Wildman–Crippen LogP) is 2.37. The Kier molecular flexibility index (Phi) is 4.78. The molecule has 94 valence electrons. The molecule has 0 amide bonds. The van der Waals surface area contributed by atoms with E-state index in [-0.39, 0.29) is 12.0 Å². The van der Waals surface area contributed by atoms with E-state index in [1.165, 1.54) is 0 Å². The minimum atomic E-state index is -0.644. The molecule has 3 nitrogen and oxygen atoms in total. The van der Waals surface area contributed by atoms with Crippen molar-refractivity contribution in [1.29, 1.82) is 0 Å². The SMILES string of the molecule is CC(C)C(CNC1CCC1C(=O)O)C(C)C. The first-order valence-electron chi connectivity index (χ1n) is 6.39. The van der Waals surface area contributed by atoms with Crippen molar-refractivity contribution in [2.24, 2.45) is 23.7 Å². The van der Waals surface area contributed by atoms with E-state index in [9.17, 15) is 4.79 Å². The van der Waals surface area contributed by atoms with Crippen LogP contribution in [0.2, 0.25) is 0 Å². The highest BCUT2D eigenvalue weighted by Gasteiger charge is 2.36. The van der Waals surface area contributed by atoms with Gasteiger partial charge in [0, 0.05) is 6.04 Å². The average molecular weight is 227 g/mol. The Morgan fingerprint density at radius 3 is 2.12 bits per heavy atom. The van der Waals surface area contributed by atoms with Crippen LogP contribution in [0.4, 0.5) is 0 Å². The lowest BCUT2D eigenvalue weighted by Gasteiger charge is -2.36. The number of carbonyl (C=O) groups is 1. The molecule has 0 bridgehead atoms. The van der Waals surface area contributed by atoms with Crippen molar-refractivity contribution in [3.05, 3.63) is 0 Å². The average Bonchev–Trinajstić information content (AvgIpc) is 2.07. The molecule has 0 saturated heterocycles. The summed E-state index contributed by atoms with van der Waals surface area (Å²) in [5, 5.41) is 12.4. The first kappa shape index (κ1) is 13.5. The van der Waals surface area contributed by atoms with Crippen LogP contribution in [0.5, 0.6) is 0 Å². The van der Waals surface area contributed by atoms with Crippen LogP contribution in [0.25, 0.3) is 0 Å².